The number of nitro groups is 1. The van der Waals surface area contributed by atoms with Gasteiger partial charge >= 0.3 is 5.97 Å². The van der Waals surface area contributed by atoms with E-state index in [1.54, 1.807) is 13.8 Å². The number of aromatic nitrogens is 4. The van der Waals surface area contributed by atoms with Crippen molar-refractivity contribution in [1.29, 1.82) is 0 Å². The Hall–Kier alpha value is -3.76. The molecule has 0 bridgehead atoms. The Morgan fingerprint density at radius 2 is 2.07 bits per heavy atom. The number of carbonyl (C=O) groups excluding carboxylic acids is 1. The zero-order valence-corrected chi connectivity index (χ0v) is 14.5. The number of non-ortho nitro benzene ring substituents is 1. The van der Waals surface area contributed by atoms with E-state index >= 15 is 0 Å². The molecule has 0 amide bonds. The quantitative estimate of drug-likeness (QED) is 0.347. The predicted molar refractivity (Wildman–Crippen MR) is 89.5 cm³/mol. The van der Waals surface area contributed by atoms with Gasteiger partial charge in [0.05, 0.1) is 23.4 Å². The summed E-state index contributed by atoms with van der Waals surface area (Å²) in [5, 5.41) is 18.7. The number of rotatable bonds is 7. The minimum Gasteiger partial charge on any atom is -0.481 e. The van der Waals surface area contributed by atoms with E-state index < -0.39 is 10.9 Å². The van der Waals surface area contributed by atoms with Crippen LogP contribution in [0.1, 0.15) is 29.1 Å². The van der Waals surface area contributed by atoms with Gasteiger partial charge in [0.2, 0.25) is 17.4 Å². The Labute approximate surface area is 152 Å². The van der Waals surface area contributed by atoms with Crippen molar-refractivity contribution in [3.63, 3.8) is 0 Å². The molecular formula is C16H15N5O6. The molecule has 0 atom stereocenters. The lowest BCUT2D eigenvalue weighted by Gasteiger charge is -2.02. The van der Waals surface area contributed by atoms with Gasteiger partial charge in [0.15, 0.2) is 12.4 Å². The van der Waals surface area contributed by atoms with Crippen molar-refractivity contribution < 1.29 is 23.7 Å². The van der Waals surface area contributed by atoms with Crippen LogP contribution in [0.4, 0.5) is 5.69 Å². The third-order valence-electron chi connectivity index (χ3n) is 3.40. The topological polar surface area (TPSA) is 135 Å². The van der Waals surface area contributed by atoms with Crippen LogP contribution in [0.15, 0.2) is 35.0 Å². The fourth-order valence-electron chi connectivity index (χ4n) is 2.21. The van der Waals surface area contributed by atoms with Crippen molar-refractivity contribution in [2.45, 2.75) is 20.5 Å². The van der Waals surface area contributed by atoms with Crippen molar-refractivity contribution in [3.8, 4) is 11.4 Å². The first-order valence-corrected chi connectivity index (χ1v) is 7.91. The number of hydrogen-bond acceptors (Lipinski definition) is 9. The first-order chi connectivity index (χ1) is 13.0. The van der Waals surface area contributed by atoms with Gasteiger partial charge in [0.25, 0.3) is 5.69 Å². The summed E-state index contributed by atoms with van der Waals surface area (Å²) in [6, 6.07) is 5.69. The maximum Gasteiger partial charge on any atom is 0.362 e. The van der Waals surface area contributed by atoms with Crippen molar-refractivity contribution >= 4 is 11.7 Å². The molecule has 0 unspecified atom stereocenters. The van der Waals surface area contributed by atoms with Crippen molar-refractivity contribution in [2.24, 2.45) is 0 Å². The number of nitrogens with zero attached hydrogens (tertiary/aromatic N) is 5. The molecule has 11 nitrogen and oxygen atoms in total. The molecule has 0 aliphatic carbocycles. The minimum absolute atomic E-state index is 0.0320. The Morgan fingerprint density at radius 3 is 2.67 bits per heavy atom. The van der Waals surface area contributed by atoms with E-state index in [1.807, 2.05) is 0 Å². The molecule has 0 radical (unpaired) electrons. The highest BCUT2D eigenvalue weighted by molar-refractivity contribution is 5.90. The summed E-state index contributed by atoms with van der Waals surface area (Å²) in [6.45, 7) is 3.46. The van der Waals surface area contributed by atoms with Crippen LogP contribution in [0.25, 0.3) is 5.69 Å². The van der Waals surface area contributed by atoms with E-state index in [0.29, 0.717) is 17.4 Å². The normalized spacial score (nSPS) is 10.6. The molecule has 0 N–H and O–H groups in total. The van der Waals surface area contributed by atoms with Gasteiger partial charge in [-0.05, 0) is 19.1 Å². The SMILES string of the molecule is CCOC(=O)c1nn(-c2ccc([N+](=O)[O-])cc2)cc1OCc1noc(C)n1. The Balaban J connectivity index is 1.88. The molecule has 3 rings (SSSR count). The Kier molecular flexibility index (Phi) is 5.11. The van der Waals surface area contributed by atoms with Crippen LogP contribution in [0, 0.1) is 17.0 Å². The van der Waals surface area contributed by atoms with Crippen LogP contribution in [-0.2, 0) is 11.3 Å². The second-order valence-corrected chi connectivity index (χ2v) is 5.30. The standard InChI is InChI=1S/C16H15N5O6/c1-3-25-16(22)15-13(26-9-14-17-10(2)27-19-14)8-20(18-15)11-4-6-12(7-5-11)21(23)24/h4-8H,3,9H2,1-2H3. The smallest absolute Gasteiger partial charge is 0.362 e. The number of carbonyl (C=O) groups is 1. The highest BCUT2D eigenvalue weighted by Crippen LogP contribution is 2.23. The lowest BCUT2D eigenvalue weighted by Crippen LogP contribution is -2.09. The molecule has 11 heteroatoms. The second-order valence-electron chi connectivity index (χ2n) is 5.30. The van der Waals surface area contributed by atoms with Crippen LogP contribution >= 0.6 is 0 Å². The fourth-order valence-corrected chi connectivity index (χ4v) is 2.21. The molecule has 3 aromatic rings. The van der Waals surface area contributed by atoms with E-state index in [9.17, 15) is 14.9 Å². The first-order valence-electron chi connectivity index (χ1n) is 7.91. The van der Waals surface area contributed by atoms with Gasteiger partial charge in [-0.1, -0.05) is 5.16 Å². The number of aryl methyl sites for hydroxylation is 1. The van der Waals surface area contributed by atoms with Crippen LogP contribution in [-0.4, -0.2) is 37.4 Å². The van der Waals surface area contributed by atoms with Crippen LogP contribution in [0.2, 0.25) is 0 Å². The maximum atomic E-state index is 12.2. The number of ether oxygens (including phenoxy) is 2. The molecule has 2 aromatic heterocycles. The predicted octanol–water partition coefficient (Wildman–Crippen LogP) is 2.23. The van der Waals surface area contributed by atoms with Crippen molar-refractivity contribution in [2.75, 3.05) is 6.61 Å². The van der Waals surface area contributed by atoms with Crippen LogP contribution < -0.4 is 4.74 Å². The first kappa shape index (κ1) is 18.0. The maximum absolute atomic E-state index is 12.2. The summed E-state index contributed by atoms with van der Waals surface area (Å²) in [6.07, 6.45) is 1.47. The van der Waals surface area contributed by atoms with Gasteiger partial charge in [-0.2, -0.15) is 10.1 Å². The molecule has 1 aromatic carbocycles. The molecule has 0 saturated heterocycles. The van der Waals surface area contributed by atoms with Gasteiger partial charge in [-0.15, -0.1) is 0 Å². The lowest BCUT2D eigenvalue weighted by molar-refractivity contribution is -0.384. The monoisotopic (exact) mass is 373 g/mol. The van der Waals surface area contributed by atoms with Gasteiger partial charge in [0, 0.05) is 19.1 Å². The van der Waals surface area contributed by atoms with Crippen LogP contribution in [0.5, 0.6) is 5.75 Å². The van der Waals surface area contributed by atoms with Gasteiger partial charge in [-0.3, -0.25) is 10.1 Å². The van der Waals surface area contributed by atoms with Crippen molar-refractivity contribution in [1.82, 2.24) is 19.9 Å². The van der Waals surface area contributed by atoms with E-state index in [-0.39, 0.29) is 30.3 Å². The fraction of sp³-hybridized carbons (Fsp3) is 0.250. The summed E-state index contributed by atoms with van der Waals surface area (Å²) >= 11 is 0. The highest BCUT2D eigenvalue weighted by atomic mass is 16.6. The second kappa shape index (κ2) is 7.64. The van der Waals surface area contributed by atoms with E-state index in [0.717, 1.165) is 0 Å². The lowest BCUT2D eigenvalue weighted by atomic mass is 10.3. The van der Waals surface area contributed by atoms with Crippen molar-refractivity contribution in [3.05, 3.63) is 58.0 Å². The summed E-state index contributed by atoms with van der Waals surface area (Å²) in [5.41, 5.74) is 0.423. The molecular weight excluding hydrogens is 358 g/mol. The highest BCUT2D eigenvalue weighted by Gasteiger charge is 2.21. The molecule has 0 saturated carbocycles. The average molecular weight is 373 g/mol. The van der Waals surface area contributed by atoms with E-state index in [2.05, 4.69) is 15.2 Å². The summed E-state index contributed by atoms with van der Waals surface area (Å²) in [5.74, 6) is 0.206. The van der Waals surface area contributed by atoms with Gasteiger partial charge in [-0.25, -0.2) is 9.48 Å². The number of nitro benzene ring substituents is 1. The number of benzene rings is 1. The van der Waals surface area contributed by atoms with E-state index in [4.69, 9.17) is 14.0 Å². The molecule has 0 spiro atoms. The summed E-state index contributed by atoms with van der Waals surface area (Å²) < 4.78 is 16.8. The third kappa shape index (κ3) is 4.08. The minimum atomic E-state index is -0.655. The largest absolute Gasteiger partial charge is 0.481 e. The molecule has 2 heterocycles. The Bertz CT molecular complexity index is 962. The number of esters is 1. The summed E-state index contributed by atoms with van der Waals surface area (Å²) in [7, 11) is 0. The molecule has 0 aliphatic rings. The van der Waals surface area contributed by atoms with Crippen LogP contribution in [0.3, 0.4) is 0 Å². The zero-order valence-electron chi connectivity index (χ0n) is 14.5. The number of hydrogen-bond donors (Lipinski definition) is 0. The zero-order chi connectivity index (χ0) is 19.4. The Morgan fingerprint density at radius 1 is 1.33 bits per heavy atom. The third-order valence-corrected chi connectivity index (χ3v) is 3.40. The molecule has 0 aliphatic heterocycles. The van der Waals surface area contributed by atoms with Gasteiger partial charge in [0.1, 0.15) is 0 Å². The van der Waals surface area contributed by atoms with Gasteiger partial charge < -0.3 is 14.0 Å². The average Bonchev–Trinajstić information content (AvgIpc) is 3.26. The molecule has 27 heavy (non-hydrogen) atoms. The molecule has 0 fully saturated rings. The molecule has 140 valence electrons. The summed E-state index contributed by atoms with van der Waals surface area (Å²) in [4.78, 5) is 26.4. The van der Waals surface area contributed by atoms with E-state index in [1.165, 1.54) is 35.1 Å².